The summed E-state index contributed by atoms with van der Waals surface area (Å²) in [5.41, 5.74) is 2.03. The molecule has 0 aromatic carbocycles. The van der Waals surface area contributed by atoms with Gasteiger partial charge in [-0.2, -0.15) is 0 Å². The fourth-order valence-corrected chi connectivity index (χ4v) is 1.12. The summed E-state index contributed by atoms with van der Waals surface area (Å²) >= 11 is 0. The monoisotopic (exact) mass is 140 g/mol. The molecule has 3 nitrogen and oxygen atoms in total. The Kier molecular flexibility index (Phi) is 1.66. The van der Waals surface area contributed by atoms with Crippen LogP contribution in [0, 0.1) is 13.8 Å². The molecule has 0 fully saturated rings. The number of nitrogens with zero attached hydrogens (tertiary/aromatic N) is 2. The van der Waals surface area contributed by atoms with Crippen molar-refractivity contribution in [3.63, 3.8) is 0 Å². The Labute approximate surface area is 60.6 Å². The van der Waals surface area contributed by atoms with Crippen molar-refractivity contribution in [1.29, 1.82) is 0 Å². The molecular weight excluding hydrogens is 128 g/mol. The van der Waals surface area contributed by atoms with Crippen LogP contribution in [0.15, 0.2) is 4.52 Å². The molecule has 1 aromatic rings. The van der Waals surface area contributed by atoms with Crippen LogP contribution in [-0.4, -0.2) is 19.3 Å². The molecule has 1 rings (SSSR count). The minimum absolute atomic E-state index is 0.877. The van der Waals surface area contributed by atoms with Crippen LogP contribution in [0.1, 0.15) is 11.5 Å². The van der Waals surface area contributed by atoms with Gasteiger partial charge in [0.2, 0.25) is 0 Å². The standard InChI is InChI=1S/C7H12N2O/c1-5-7(9(3)4)6(2)10-8-5/h1-4H3. The molecule has 3 heteroatoms. The lowest BCUT2D eigenvalue weighted by atomic mass is 10.3. The number of aryl methyl sites for hydroxylation is 2. The van der Waals surface area contributed by atoms with Gasteiger partial charge in [-0.15, -0.1) is 0 Å². The molecule has 56 valence electrons. The third kappa shape index (κ3) is 0.988. The van der Waals surface area contributed by atoms with Gasteiger partial charge < -0.3 is 9.42 Å². The Hall–Kier alpha value is -0.990. The van der Waals surface area contributed by atoms with Crippen LogP contribution in [0.2, 0.25) is 0 Å². The molecule has 0 bridgehead atoms. The normalized spacial score (nSPS) is 10.0. The van der Waals surface area contributed by atoms with Gasteiger partial charge >= 0.3 is 0 Å². The summed E-state index contributed by atoms with van der Waals surface area (Å²) < 4.78 is 4.96. The second-order valence-corrected chi connectivity index (χ2v) is 2.57. The molecule has 0 saturated carbocycles. The zero-order valence-corrected chi connectivity index (χ0v) is 6.80. The van der Waals surface area contributed by atoms with E-state index in [0.29, 0.717) is 0 Å². The highest BCUT2D eigenvalue weighted by molar-refractivity contribution is 5.51. The first-order valence-electron chi connectivity index (χ1n) is 3.23. The van der Waals surface area contributed by atoms with Crippen LogP contribution in [0.25, 0.3) is 0 Å². The van der Waals surface area contributed by atoms with Gasteiger partial charge in [0.05, 0.1) is 0 Å². The van der Waals surface area contributed by atoms with Gasteiger partial charge in [0.15, 0.2) is 5.76 Å². The van der Waals surface area contributed by atoms with Crippen LogP contribution >= 0.6 is 0 Å². The molecule has 0 amide bonds. The smallest absolute Gasteiger partial charge is 0.157 e. The first-order chi connectivity index (χ1) is 4.63. The maximum absolute atomic E-state index is 4.96. The van der Waals surface area contributed by atoms with Crippen LogP contribution < -0.4 is 4.90 Å². The van der Waals surface area contributed by atoms with E-state index >= 15 is 0 Å². The summed E-state index contributed by atoms with van der Waals surface area (Å²) in [6.07, 6.45) is 0. The second-order valence-electron chi connectivity index (χ2n) is 2.57. The Morgan fingerprint density at radius 2 is 1.90 bits per heavy atom. The summed E-state index contributed by atoms with van der Waals surface area (Å²) in [6.45, 7) is 3.85. The molecule has 0 unspecified atom stereocenters. The fraction of sp³-hybridized carbons (Fsp3) is 0.571. The Balaban J connectivity index is 3.10. The lowest BCUT2D eigenvalue weighted by Gasteiger charge is -2.09. The molecule has 10 heavy (non-hydrogen) atoms. The predicted octanol–water partition coefficient (Wildman–Crippen LogP) is 1.36. The van der Waals surface area contributed by atoms with Crippen molar-refractivity contribution in [2.75, 3.05) is 19.0 Å². The van der Waals surface area contributed by atoms with E-state index in [1.165, 1.54) is 0 Å². The van der Waals surface area contributed by atoms with Gasteiger partial charge in [-0.25, -0.2) is 0 Å². The fourth-order valence-electron chi connectivity index (χ4n) is 1.12. The van der Waals surface area contributed by atoms with E-state index < -0.39 is 0 Å². The first-order valence-corrected chi connectivity index (χ1v) is 3.23. The average molecular weight is 140 g/mol. The molecule has 0 radical (unpaired) electrons. The van der Waals surface area contributed by atoms with Gasteiger partial charge in [-0.05, 0) is 13.8 Å². The van der Waals surface area contributed by atoms with Crippen LogP contribution in [0.4, 0.5) is 5.69 Å². The van der Waals surface area contributed by atoms with Crippen LogP contribution in [0.3, 0.4) is 0 Å². The molecule has 0 atom stereocenters. The van der Waals surface area contributed by atoms with E-state index in [1.807, 2.05) is 32.8 Å². The molecule has 0 N–H and O–H groups in total. The minimum atomic E-state index is 0.877. The molecule has 1 aromatic heterocycles. The number of aromatic nitrogens is 1. The topological polar surface area (TPSA) is 29.3 Å². The van der Waals surface area contributed by atoms with Gasteiger partial charge in [0, 0.05) is 14.1 Å². The van der Waals surface area contributed by atoms with Crippen molar-refractivity contribution in [3.05, 3.63) is 11.5 Å². The molecule has 1 heterocycles. The molecule has 0 aliphatic heterocycles. The summed E-state index contributed by atoms with van der Waals surface area (Å²) in [7, 11) is 3.96. The first kappa shape index (κ1) is 7.12. The van der Waals surface area contributed by atoms with E-state index in [9.17, 15) is 0 Å². The van der Waals surface area contributed by atoms with E-state index in [0.717, 1.165) is 17.1 Å². The molecule has 0 aliphatic carbocycles. The Morgan fingerprint density at radius 1 is 1.30 bits per heavy atom. The zero-order valence-electron chi connectivity index (χ0n) is 6.80. The average Bonchev–Trinajstić information content (AvgIpc) is 2.11. The zero-order chi connectivity index (χ0) is 7.72. The third-order valence-corrected chi connectivity index (χ3v) is 1.44. The molecule has 0 spiro atoms. The third-order valence-electron chi connectivity index (χ3n) is 1.44. The van der Waals surface area contributed by atoms with Crippen molar-refractivity contribution >= 4 is 5.69 Å². The highest BCUT2D eigenvalue weighted by Gasteiger charge is 2.09. The highest BCUT2D eigenvalue weighted by atomic mass is 16.5. The largest absolute Gasteiger partial charge is 0.373 e. The predicted molar refractivity (Wildman–Crippen MR) is 40.3 cm³/mol. The van der Waals surface area contributed by atoms with E-state index in [1.54, 1.807) is 0 Å². The van der Waals surface area contributed by atoms with Crippen molar-refractivity contribution in [1.82, 2.24) is 5.16 Å². The number of hydrogen-bond acceptors (Lipinski definition) is 3. The molecular formula is C7H12N2O. The van der Waals surface area contributed by atoms with Gasteiger partial charge in [-0.3, -0.25) is 0 Å². The summed E-state index contributed by atoms with van der Waals surface area (Å²) in [6, 6.07) is 0. The summed E-state index contributed by atoms with van der Waals surface area (Å²) in [5, 5.41) is 3.82. The van der Waals surface area contributed by atoms with Gasteiger partial charge in [0.1, 0.15) is 11.4 Å². The lowest BCUT2D eigenvalue weighted by molar-refractivity contribution is 0.393. The molecule has 0 aliphatic rings. The van der Waals surface area contributed by atoms with Crippen LogP contribution in [-0.2, 0) is 0 Å². The van der Waals surface area contributed by atoms with Crippen LogP contribution in [0.5, 0.6) is 0 Å². The number of rotatable bonds is 1. The summed E-state index contributed by atoms with van der Waals surface area (Å²) in [4.78, 5) is 2.00. The van der Waals surface area contributed by atoms with Crippen molar-refractivity contribution in [2.45, 2.75) is 13.8 Å². The minimum Gasteiger partial charge on any atom is -0.373 e. The maximum Gasteiger partial charge on any atom is 0.157 e. The van der Waals surface area contributed by atoms with Crippen molar-refractivity contribution < 1.29 is 4.52 Å². The lowest BCUT2D eigenvalue weighted by Crippen LogP contribution is -2.09. The van der Waals surface area contributed by atoms with Gasteiger partial charge in [0.25, 0.3) is 0 Å². The maximum atomic E-state index is 4.96. The number of hydrogen-bond donors (Lipinski definition) is 0. The van der Waals surface area contributed by atoms with Crippen molar-refractivity contribution in [3.8, 4) is 0 Å². The number of anilines is 1. The molecule has 0 saturated heterocycles. The van der Waals surface area contributed by atoms with E-state index in [2.05, 4.69) is 5.16 Å². The van der Waals surface area contributed by atoms with E-state index in [-0.39, 0.29) is 0 Å². The van der Waals surface area contributed by atoms with Gasteiger partial charge in [-0.1, -0.05) is 5.16 Å². The SMILES string of the molecule is Cc1noc(C)c1N(C)C. The quantitative estimate of drug-likeness (QED) is 0.589. The summed E-state index contributed by atoms with van der Waals surface area (Å²) in [5.74, 6) is 0.877. The Morgan fingerprint density at radius 3 is 2.10 bits per heavy atom. The Bertz CT molecular complexity index is 208. The van der Waals surface area contributed by atoms with E-state index in [4.69, 9.17) is 4.52 Å². The highest BCUT2D eigenvalue weighted by Crippen LogP contribution is 2.20. The van der Waals surface area contributed by atoms with Crippen molar-refractivity contribution in [2.24, 2.45) is 0 Å². The second kappa shape index (κ2) is 2.33.